The van der Waals surface area contributed by atoms with Gasteiger partial charge in [0.2, 0.25) is 0 Å². The number of carbonyl (C=O) groups excluding carboxylic acids is 1. The first-order valence-electron chi connectivity index (χ1n) is 6.52. The van der Waals surface area contributed by atoms with Gasteiger partial charge < -0.3 is 9.84 Å². The number of hydrogen-bond acceptors (Lipinski definition) is 3. The first-order chi connectivity index (χ1) is 8.62. The molecular formula is C15H22O3. The molecule has 0 spiro atoms. The predicted octanol–water partition coefficient (Wildman–Crippen LogP) is 3.09. The summed E-state index contributed by atoms with van der Waals surface area (Å²) < 4.78 is 5.13. The summed E-state index contributed by atoms with van der Waals surface area (Å²) in [5, 5.41) is 10.5. The molecule has 0 amide bonds. The summed E-state index contributed by atoms with van der Waals surface area (Å²) in [6.45, 7) is 5.93. The normalized spacial score (nSPS) is 13.1. The quantitative estimate of drug-likeness (QED) is 0.789. The van der Waals surface area contributed by atoms with E-state index in [2.05, 4.69) is 0 Å². The highest BCUT2D eigenvalue weighted by atomic mass is 16.5. The maximum atomic E-state index is 12.2. The summed E-state index contributed by atoms with van der Waals surface area (Å²) in [5.41, 5.74) is -0.0913. The summed E-state index contributed by atoms with van der Waals surface area (Å²) in [5.74, 6) is -0.314. The molecule has 1 aromatic rings. The van der Waals surface area contributed by atoms with Crippen molar-refractivity contribution >= 4 is 5.97 Å². The molecule has 0 saturated carbocycles. The molecule has 100 valence electrons. The van der Waals surface area contributed by atoms with Crippen molar-refractivity contribution in [2.75, 3.05) is 6.61 Å². The Morgan fingerprint density at radius 1 is 1.22 bits per heavy atom. The molecule has 3 nitrogen and oxygen atoms in total. The van der Waals surface area contributed by atoms with E-state index in [4.69, 9.17) is 4.74 Å². The zero-order valence-electron chi connectivity index (χ0n) is 11.3. The van der Waals surface area contributed by atoms with E-state index >= 15 is 0 Å². The molecule has 18 heavy (non-hydrogen) atoms. The van der Waals surface area contributed by atoms with Gasteiger partial charge in [0, 0.05) is 0 Å². The van der Waals surface area contributed by atoms with Gasteiger partial charge in [0.05, 0.1) is 18.1 Å². The van der Waals surface area contributed by atoms with Crippen molar-refractivity contribution < 1.29 is 14.6 Å². The zero-order chi connectivity index (χ0) is 13.6. The van der Waals surface area contributed by atoms with Gasteiger partial charge in [-0.15, -0.1) is 0 Å². The van der Waals surface area contributed by atoms with Crippen LogP contribution in [0.1, 0.15) is 45.3 Å². The van der Waals surface area contributed by atoms with Crippen LogP contribution in [-0.4, -0.2) is 17.7 Å². The van der Waals surface area contributed by atoms with Crippen LogP contribution in [0.4, 0.5) is 0 Å². The Labute approximate surface area is 109 Å². The van der Waals surface area contributed by atoms with Gasteiger partial charge in [0.1, 0.15) is 0 Å². The average Bonchev–Trinajstić information content (AvgIpc) is 2.42. The lowest BCUT2D eigenvalue weighted by Crippen LogP contribution is -2.38. The van der Waals surface area contributed by atoms with Gasteiger partial charge in [-0.25, -0.2) is 0 Å². The second-order valence-electron chi connectivity index (χ2n) is 4.40. The fourth-order valence-electron chi connectivity index (χ4n) is 2.27. The first-order valence-corrected chi connectivity index (χ1v) is 6.52. The molecular weight excluding hydrogens is 228 g/mol. The third-order valence-electron chi connectivity index (χ3n) is 3.58. The van der Waals surface area contributed by atoms with Gasteiger partial charge in [-0.05, 0) is 25.3 Å². The Balaban J connectivity index is 3.08. The molecule has 1 N–H and O–H groups in total. The lowest BCUT2D eigenvalue weighted by molar-refractivity contribution is -0.164. The lowest BCUT2D eigenvalue weighted by Gasteiger charge is -2.34. The van der Waals surface area contributed by atoms with Gasteiger partial charge in [-0.1, -0.05) is 44.2 Å². The molecule has 0 radical (unpaired) electrons. The molecule has 0 saturated heterocycles. The van der Waals surface area contributed by atoms with E-state index in [1.165, 1.54) is 0 Å². The van der Waals surface area contributed by atoms with E-state index in [9.17, 15) is 9.90 Å². The van der Waals surface area contributed by atoms with Gasteiger partial charge in [-0.2, -0.15) is 0 Å². The van der Waals surface area contributed by atoms with Crippen molar-refractivity contribution in [2.24, 2.45) is 5.41 Å². The molecule has 0 aromatic heterocycles. The zero-order valence-corrected chi connectivity index (χ0v) is 11.3. The number of ether oxygens (including phenoxy) is 1. The number of carbonyl (C=O) groups is 1. The van der Waals surface area contributed by atoms with E-state index in [-0.39, 0.29) is 5.97 Å². The Hall–Kier alpha value is -1.35. The molecule has 0 aliphatic heterocycles. The van der Waals surface area contributed by atoms with Crippen LogP contribution in [0.3, 0.4) is 0 Å². The highest BCUT2D eigenvalue weighted by molar-refractivity contribution is 5.77. The fourth-order valence-corrected chi connectivity index (χ4v) is 2.27. The van der Waals surface area contributed by atoms with E-state index in [1.807, 2.05) is 44.2 Å². The van der Waals surface area contributed by atoms with E-state index < -0.39 is 11.5 Å². The summed E-state index contributed by atoms with van der Waals surface area (Å²) in [7, 11) is 0. The van der Waals surface area contributed by atoms with Crippen molar-refractivity contribution in [3.63, 3.8) is 0 Å². The molecule has 1 aromatic carbocycles. The number of rotatable bonds is 6. The van der Waals surface area contributed by atoms with Crippen LogP contribution in [0.15, 0.2) is 30.3 Å². The maximum absolute atomic E-state index is 12.2. The summed E-state index contributed by atoms with van der Waals surface area (Å²) in [6, 6.07) is 9.29. The van der Waals surface area contributed by atoms with Crippen molar-refractivity contribution in [3.05, 3.63) is 35.9 Å². The summed E-state index contributed by atoms with van der Waals surface area (Å²) in [6.07, 6.45) is 0.282. The minimum Gasteiger partial charge on any atom is -0.465 e. The monoisotopic (exact) mass is 250 g/mol. The van der Waals surface area contributed by atoms with Crippen LogP contribution in [-0.2, 0) is 9.53 Å². The molecule has 0 aliphatic rings. The molecule has 1 rings (SSSR count). The standard InChI is InChI=1S/C15H22O3/c1-4-15(5-2,14(17)18-6-3)13(16)12-10-8-7-9-11-12/h7-11,13,16H,4-6H2,1-3H3. The number of esters is 1. The smallest absolute Gasteiger partial charge is 0.315 e. The van der Waals surface area contributed by atoms with Crippen molar-refractivity contribution in [1.82, 2.24) is 0 Å². The van der Waals surface area contributed by atoms with E-state index in [1.54, 1.807) is 6.92 Å². The molecule has 1 unspecified atom stereocenters. The lowest BCUT2D eigenvalue weighted by atomic mass is 9.74. The van der Waals surface area contributed by atoms with E-state index in [0.717, 1.165) is 5.56 Å². The third-order valence-corrected chi connectivity index (χ3v) is 3.58. The van der Waals surface area contributed by atoms with Crippen LogP contribution in [0.5, 0.6) is 0 Å². The SMILES string of the molecule is CCOC(=O)C(CC)(CC)C(O)c1ccccc1. The van der Waals surface area contributed by atoms with E-state index in [0.29, 0.717) is 19.4 Å². The van der Waals surface area contributed by atoms with Crippen LogP contribution < -0.4 is 0 Å². The minimum atomic E-state index is -0.850. The largest absolute Gasteiger partial charge is 0.465 e. The molecule has 0 heterocycles. The van der Waals surface area contributed by atoms with Crippen LogP contribution in [0.2, 0.25) is 0 Å². The van der Waals surface area contributed by atoms with Gasteiger partial charge in [0.25, 0.3) is 0 Å². The van der Waals surface area contributed by atoms with Crippen molar-refractivity contribution in [2.45, 2.75) is 39.7 Å². The van der Waals surface area contributed by atoms with Crippen molar-refractivity contribution in [3.8, 4) is 0 Å². The summed E-state index contributed by atoms with van der Waals surface area (Å²) >= 11 is 0. The molecule has 3 heteroatoms. The summed E-state index contributed by atoms with van der Waals surface area (Å²) in [4.78, 5) is 12.2. The molecule has 0 aliphatic carbocycles. The fraction of sp³-hybridized carbons (Fsp3) is 0.533. The van der Waals surface area contributed by atoms with Crippen LogP contribution >= 0.6 is 0 Å². The van der Waals surface area contributed by atoms with Gasteiger partial charge in [-0.3, -0.25) is 4.79 Å². The minimum absolute atomic E-state index is 0.314. The number of aliphatic hydroxyl groups is 1. The van der Waals surface area contributed by atoms with Gasteiger partial charge in [0.15, 0.2) is 0 Å². The number of benzene rings is 1. The first kappa shape index (κ1) is 14.7. The van der Waals surface area contributed by atoms with Crippen molar-refractivity contribution in [1.29, 1.82) is 0 Å². The van der Waals surface area contributed by atoms with Gasteiger partial charge >= 0.3 is 5.97 Å². The third kappa shape index (κ3) is 2.72. The second-order valence-corrected chi connectivity index (χ2v) is 4.40. The Morgan fingerprint density at radius 3 is 2.22 bits per heavy atom. The Morgan fingerprint density at radius 2 is 1.78 bits per heavy atom. The number of hydrogen-bond donors (Lipinski definition) is 1. The highest BCUT2D eigenvalue weighted by Crippen LogP contribution is 2.41. The Bertz CT molecular complexity index is 369. The second kappa shape index (κ2) is 6.55. The predicted molar refractivity (Wildman–Crippen MR) is 71.0 cm³/mol. The molecule has 0 bridgehead atoms. The van der Waals surface area contributed by atoms with Crippen LogP contribution in [0.25, 0.3) is 0 Å². The molecule has 0 fully saturated rings. The Kier molecular flexibility index (Phi) is 5.35. The van der Waals surface area contributed by atoms with Crippen LogP contribution in [0, 0.1) is 5.41 Å². The number of aliphatic hydroxyl groups excluding tert-OH is 1. The maximum Gasteiger partial charge on any atom is 0.315 e. The molecule has 1 atom stereocenters. The average molecular weight is 250 g/mol. The topological polar surface area (TPSA) is 46.5 Å². The highest BCUT2D eigenvalue weighted by Gasteiger charge is 2.44.